The van der Waals surface area contributed by atoms with E-state index in [0.717, 1.165) is 44.9 Å². The smallest absolute Gasteiger partial charge is 0.306 e. The Bertz CT molecular complexity index is 728. The maximum atomic E-state index is 12.2. The summed E-state index contributed by atoms with van der Waals surface area (Å²) in [7, 11) is 0. The normalized spacial score (nSPS) is 12.6. The highest BCUT2D eigenvalue weighted by molar-refractivity contribution is 5.69. The van der Waals surface area contributed by atoms with Crippen molar-refractivity contribution in [3.8, 4) is 0 Å². The quantitative estimate of drug-likeness (QED) is 0.0395. The van der Waals surface area contributed by atoms with E-state index in [9.17, 15) is 9.90 Å². The van der Waals surface area contributed by atoms with Gasteiger partial charge < -0.3 is 14.6 Å². The number of carbonyl (C=O) groups is 1. The van der Waals surface area contributed by atoms with Crippen LogP contribution in [0.2, 0.25) is 0 Å². The monoisotopic (exact) mass is 689 g/mol. The van der Waals surface area contributed by atoms with Crippen LogP contribution in [0.1, 0.15) is 219 Å². The van der Waals surface area contributed by atoms with Crippen LogP contribution < -0.4 is 0 Å². The lowest BCUT2D eigenvalue weighted by Gasteiger charge is -2.16. The highest BCUT2D eigenvalue weighted by Gasteiger charge is 2.13. The molecule has 1 unspecified atom stereocenters. The lowest BCUT2D eigenvalue weighted by atomic mass is 10.0. The first-order valence-electron chi connectivity index (χ1n) is 21.6. The van der Waals surface area contributed by atoms with E-state index < -0.39 is 6.10 Å². The van der Waals surface area contributed by atoms with Gasteiger partial charge in [-0.05, 0) is 51.4 Å². The number of hydrogen-bond donors (Lipinski definition) is 1. The standard InChI is InChI=1S/C45H84O4/c1-3-5-7-9-11-13-15-17-19-21-22-23-24-25-26-28-30-32-34-36-38-40-45(47)49-44(42-46)43-48-41-39-37-35-33-31-29-27-20-18-16-14-12-10-8-6-4-2/h15,17,21-22,24-25,44,46H,3-14,16,18-20,23,26-43H2,1-2H3/b17-15-,22-21-,25-24-. The molecule has 0 aromatic heterocycles. The summed E-state index contributed by atoms with van der Waals surface area (Å²) in [6, 6.07) is 0. The highest BCUT2D eigenvalue weighted by atomic mass is 16.6. The van der Waals surface area contributed by atoms with Gasteiger partial charge in [0.2, 0.25) is 0 Å². The van der Waals surface area contributed by atoms with Gasteiger partial charge in [0, 0.05) is 13.0 Å². The molecule has 4 nitrogen and oxygen atoms in total. The number of rotatable bonds is 40. The van der Waals surface area contributed by atoms with E-state index >= 15 is 0 Å². The predicted molar refractivity (Wildman–Crippen MR) is 214 cm³/mol. The van der Waals surface area contributed by atoms with Gasteiger partial charge in [-0.1, -0.05) is 198 Å². The van der Waals surface area contributed by atoms with E-state index in [0.29, 0.717) is 19.6 Å². The summed E-state index contributed by atoms with van der Waals surface area (Å²) >= 11 is 0. The predicted octanol–water partition coefficient (Wildman–Crippen LogP) is 14.1. The summed E-state index contributed by atoms with van der Waals surface area (Å²) in [6.45, 7) is 5.35. The van der Waals surface area contributed by atoms with Gasteiger partial charge in [0.25, 0.3) is 0 Å². The van der Waals surface area contributed by atoms with Crippen LogP contribution in [-0.2, 0) is 14.3 Å². The van der Waals surface area contributed by atoms with Gasteiger partial charge in [0.1, 0.15) is 6.10 Å². The fraction of sp³-hybridized carbons (Fsp3) is 0.844. The molecule has 0 saturated heterocycles. The molecule has 0 bridgehead atoms. The van der Waals surface area contributed by atoms with Crippen molar-refractivity contribution in [2.45, 2.75) is 225 Å². The van der Waals surface area contributed by atoms with E-state index in [4.69, 9.17) is 9.47 Å². The second-order valence-corrected chi connectivity index (χ2v) is 14.4. The van der Waals surface area contributed by atoms with Crippen LogP contribution in [0.15, 0.2) is 36.5 Å². The number of aliphatic hydroxyl groups is 1. The number of allylic oxidation sites excluding steroid dienone is 6. The van der Waals surface area contributed by atoms with Crippen LogP contribution in [0.3, 0.4) is 0 Å². The molecule has 288 valence electrons. The molecule has 0 aliphatic rings. The molecule has 0 heterocycles. The summed E-state index contributed by atoms with van der Waals surface area (Å²) in [5, 5.41) is 9.60. The van der Waals surface area contributed by atoms with Crippen LogP contribution in [-0.4, -0.2) is 37.0 Å². The Kier molecular flexibility index (Phi) is 41.6. The Morgan fingerprint density at radius 3 is 1.29 bits per heavy atom. The van der Waals surface area contributed by atoms with Gasteiger partial charge >= 0.3 is 5.97 Å². The number of hydrogen-bond acceptors (Lipinski definition) is 4. The molecule has 49 heavy (non-hydrogen) atoms. The number of ether oxygens (including phenoxy) is 2. The van der Waals surface area contributed by atoms with Crippen LogP contribution in [0, 0.1) is 0 Å². The first-order valence-corrected chi connectivity index (χ1v) is 21.6. The molecular weight excluding hydrogens is 604 g/mol. The van der Waals surface area contributed by atoms with Gasteiger partial charge in [-0.2, -0.15) is 0 Å². The zero-order valence-electron chi connectivity index (χ0n) is 33.0. The van der Waals surface area contributed by atoms with Crippen molar-refractivity contribution in [1.29, 1.82) is 0 Å². The first kappa shape index (κ1) is 47.6. The third-order valence-electron chi connectivity index (χ3n) is 9.47. The van der Waals surface area contributed by atoms with Crippen molar-refractivity contribution in [2.75, 3.05) is 19.8 Å². The van der Waals surface area contributed by atoms with Gasteiger partial charge in [0.05, 0.1) is 13.2 Å². The molecule has 0 aliphatic carbocycles. The van der Waals surface area contributed by atoms with Gasteiger partial charge in [0.15, 0.2) is 0 Å². The second kappa shape index (κ2) is 42.8. The SMILES string of the molecule is CCCCCCC/C=C\C/C=C\C/C=C\CCCCCCCCC(=O)OC(CO)COCCCCCCCCCCCCCCCCCC. The minimum Gasteiger partial charge on any atom is -0.457 e. The number of esters is 1. The highest BCUT2D eigenvalue weighted by Crippen LogP contribution is 2.14. The molecule has 0 aromatic rings. The van der Waals surface area contributed by atoms with Crippen molar-refractivity contribution in [1.82, 2.24) is 0 Å². The summed E-state index contributed by atoms with van der Waals surface area (Å²) in [6.07, 6.45) is 53.4. The molecule has 0 spiro atoms. The summed E-state index contributed by atoms with van der Waals surface area (Å²) < 4.78 is 11.2. The van der Waals surface area contributed by atoms with Crippen molar-refractivity contribution in [3.05, 3.63) is 36.5 Å². The molecule has 0 aromatic carbocycles. The minimum atomic E-state index is -0.538. The molecule has 0 amide bonds. The molecule has 0 radical (unpaired) electrons. The largest absolute Gasteiger partial charge is 0.457 e. The lowest BCUT2D eigenvalue weighted by molar-refractivity contribution is -0.154. The maximum absolute atomic E-state index is 12.2. The van der Waals surface area contributed by atoms with E-state index in [1.54, 1.807) is 0 Å². The zero-order valence-corrected chi connectivity index (χ0v) is 33.0. The van der Waals surface area contributed by atoms with Crippen LogP contribution in [0.5, 0.6) is 0 Å². The summed E-state index contributed by atoms with van der Waals surface area (Å²) in [4.78, 5) is 12.2. The number of unbranched alkanes of at least 4 members (excludes halogenated alkanes) is 26. The molecule has 0 rings (SSSR count). The fourth-order valence-corrected chi connectivity index (χ4v) is 6.22. The molecular formula is C45H84O4. The van der Waals surface area contributed by atoms with E-state index in [-0.39, 0.29) is 12.6 Å². The first-order chi connectivity index (χ1) is 24.2. The zero-order chi connectivity index (χ0) is 35.6. The van der Waals surface area contributed by atoms with Crippen LogP contribution >= 0.6 is 0 Å². The Balaban J connectivity index is 3.45. The fourth-order valence-electron chi connectivity index (χ4n) is 6.22. The molecule has 0 saturated carbocycles. The Morgan fingerprint density at radius 2 is 0.857 bits per heavy atom. The maximum Gasteiger partial charge on any atom is 0.306 e. The van der Waals surface area contributed by atoms with Crippen molar-refractivity contribution >= 4 is 5.97 Å². The third kappa shape index (κ3) is 40.9. The van der Waals surface area contributed by atoms with Crippen molar-refractivity contribution < 1.29 is 19.4 Å². The van der Waals surface area contributed by atoms with Crippen LogP contribution in [0.4, 0.5) is 0 Å². The third-order valence-corrected chi connectivity index (χ3v) is 9.47. The van der Waals surface area contributed by atoms with Crippen molar-refractivity contribution in [2.24, 2.45) is 0 Å². The average Bonchev–Trinajstić information content (AvgIpc) is 3.11. The Labute approximate surface area is 306 Å². The van der Waals surface area contributed by atoms with Crippen LogP contribution in [0.25, 0.3) is 0 Å². The average molecular weight is 689 g/mol. The lowest BCUT2D eigenvalue weighted by Crippen LogP contribution is -2.27. The summed E-state index contributed by atoms with van der Waals surface area (Å²) in [5.74, 6) is -0.210. The second-order valence-electron chi connectivity index (χ2n) is 14.4. The van der Waals surface area contributed by atoms with Crippen molar-refractivity contribution in [3.63, 3.8) is 0 Å². The molecule has 4 heteroatoms. The Morgan fingerprint density at radius 1 is 0.490 bits per heavy atom. The molecule has 0 aliphatic heterocycles. The number of carbonyl (C=O) groups excluding carboxylic acids is 1. The minimum absolute atomic E-state index is 0.175. The summed E-state index contributed by atoms with van der Waals surface area (Å²) in [5.41, 5.74) is 0. The van der Waals surface area contributed by atoms with E-state index in [2.05, 4.69) is 50.3 Å². The van der Waals surface area contributed by atoms with E-state index in [1.165, 1.54) is 154 Å². The Hall–Kier alpha value is -1.39. The topological polar surface area (TPSA) is 55.8 Å². The molecule has 1 N–H and O–H groups in total. The molecule has 0 fully saturated rings. The molecule has 1 atom stereocenters. The van der Waals surface area contributed by atoms with Gasteiger partial charge in [-0.15, -0.1) is 0 Å². The number of aliphatic hydroxyl groups excluding tert-OH is 1. The van der Waals surface area contributed by atoms with E-state index in [1.807, 2.05) is 0 Å². The van der Waals surface area contributed by atoms with Gasteiger partial charge in [-0.25, -0.2) is 0 Å². The van der Waals surface area contributed by atoms with Gasteiger partial charge in [-0.3, -0.25) is 4.79 Å².